The Morgan fingerprint density at radius 3 is 2.63 bits per heavy atom. The topological polar surface area (TPSA) is 95.8 Å². The van der Waals surface area contributed by atoms with Crippen LogP contribution in [-0.2, 0) is 16.4 Å². The monoisotopic (exact) mass is 596 g/mol. The van der Waals surface area contributed by atoms with Crippen molar-refractivity contribution in [1.82, 2.24) is 9.47 Å². The van der Waals surface area contributed by atoms with Crippen LogP contribution in [0.4, 0.5) is 28.9 Å². The lowest BCUT2D eigenvalue weighted by molar-refractivity contribution is -0.140. The Labute approximate surface area is 236 Å². The number of sulfone groups is 1. The van der Waals surface area contributed by atoms with E-state index < -0.39 is 47.1 Å². The van der Waals surface area contributed by atoms with Crippen LogP contribution in [0.1, 0.15) is 12.1 Å². The van der Waals surface area contributed by atoms with Gasteiger partial charge in [0, 0.05) is 30.2 Å². The Hall–Kier alpha value is -3.47. The molecule has 0 saturated carbocycles. The zero-order chi connectivity index (χ0) is 29.8. The van der Waals surface area contributed by atoms with E-state index >= 15 is 0 Å². The molecule has 1 aromatic heterocycles. The van der Waals surface area contributed by atoms with Gasteiger partial charge in [0.1, 0.15) is 18.5 Å². The number of nitrogens with one attached hydrogen (secondary N) is 2. The molecule has 3 aromatic rings. The quantitative estimate of drug-likeness (QED) is 0.255. The summed E-state index contributed by atoms with van der Waals surface area (Å²) in [6.07, 6.45) is -5.05. The molecule has 41 heavy (non-hydrogen) atoms. The average Bonchev–Trinajstić information content (AvgIpc) is 3.24. The van der Waals surface area contributed by atoms with E-state index in [0.29, 0.717) is 35.2 Å². The average molecular weight is 597 g/mol. The van der Waals surface area contributed by atoms with E-state index in [1.54, 1.807) is 24.3 Å². The number of hydrogen-bond donors (Lipinski definition) is 3. The molecule has 2 aromatic carbocycles. The Kier molecular flexibility index (Phi) is 9.36. The summed E-state index contributed by atoms with van der Waals surface area (Å²) < 4.78 is 86.1. The van der Waals surface area contributed by atoms with Crippen molar-refractivity contribution in [1.29, 1.82) is 0 Å². The van der Waals surface area contributed by atoms with Crippen molar-refractivity contribution in [3.05, 3.63) is 48.2 Å². The highest BCUT2D eigenvalue weighted by Crippen LogP contribution is 2.32. The summed E-state index contributed by atoms with van der Waals surface area (Å²) in [7, 11) is -0.470. The number of methoxy groups -OCH3 is 1. The first-order valence-corrected chi connectivity index (χ1v) is 14.6. The Morgan fingerprint density at radius 2 is 1.95 bits per heavy atom. The molecule has 0 unspecified atom stereocenters. The number of nitrogens with zero attached hydrogens (tertiary/aromatic N) is 2. The number of fused-ring (bicyclic) bond motifs is 1. The van der Waals surface area contributed by atoms with Crippen molar-refractivity contribution in [2.75, 3.05) is 56.8 Å². The normalized spacial score (nSPS) is 18.1. The maximum atomic E-state index is 14.7. The van der Waals surface area contributed by atoms with Crippen LogP contribution in [0.2, 0.25) is 0 Å². The molecule has 222 valence electrons. The highest BCUT2D eigenvalue weighted by molar-refractivity contribution is 7.91. The molecule has 0 radical (unpaired) electrons. The molecule has 2 atom stereocenters. The smallest absolute Gasteiger partial charge is 0.406 e. The van der Waals surface area contributed by atoms with Gasteiger partial charge in [-0.2, -0.15) is 13.2 Å². The second-order valence-electron chi connectivity index (χ2n) is 9.85. The highest BCUT2D eigenvalue weighted by Gasteiger charge is 2.31. The van der Waals surface area contributed by atoms with E-state index in [9.17, 15) is 26.0 Å². The maximum absolute atomic E-state index is 14.7. The Morgan fingerprint density at radius 1 is 1.17 bits per heavy atom. The standard InChI is InChI=1S/C28H32F4N4O4S/c1-35-12-10-24(22(29)17-35)34-23-6-3-7-26-21(23)15-19(36(26)18-28(30,31)32)5-4-11-33-25-9-8-20(16-27(25)40-2)41(38,39)14-13-37/h3,6-9,15-16,22,24,33-34,37H,10-14,17-18H2,1-2H3/t22-,24+/m0/s1. The number of halogens is 4. The molecule has 0 bridgehead atoms. The third-order valence-electron chi connectivity index (χ3n) is 6.84. The zero-order valence-electron chi connectivity index (χ0n) is 22.6. The van der Waals surface area contributed by atoms with Crippen LogP contribution >= 0.6 is 0 Å². The molecule has 3 N–H and O–H groups in total. The van der Waals surface area contributed by atoms with Crippen LogP contribution in [0.3, 0.4) is 0 Å². The predicted molar refractivity (Wildman–Crippen MR) is 150 cm³/mol. The summed E-state index contributed by atoms with van der Waals surface area (Å²) in [5.41, 5.74) is 1.45. The number of ether oxygens (including phenoxy) is 1. The minimum atomic E-state index is -4.49. The van der Waals surface area contributed by atoms with Crippen molar-refractivity contribution in [3.8, 4) is 17.6 Å². The van der Waals surface area contributed by atoms with Crippen LogP contribution in [0.25, 0.3) is 10.9 Å². The maximum Gasteiger partial charge on any atom is 0.406 e. The lowest BCUT2D eigenvalue weighted by Crippen LogP contribution is -2.46. The molecule has 1 aliphatic heterocycles. The van der Waals surface area contributed by atoms with E-state index in [-0.39, 0.29) is 29.4 Å². The van der Waals surface area contributed by atoms with Gasteiger partial charge in [0.15, 0.2) is 9.84 Å². The summed E-state index contributed by atoms with van der Waals surface area (Å²) in [6.45, 7) is -0.749. The van der Waals surface area contributed by atoms with Gasteiger partial charge in [-0.25, -0.2) is 12.8 Å². The predicted octanol–water partition coefficient (Wildman–Crippen LogP) is 3.90. The molecule has 1 saturated heterocycles. The van der Waals surface area contributed by atoms with Gasteiger partial charge < -0.3 is 29.9 Å². The molecule has 1 fully saturated rings. The minimum absolute atomic E-state index is 0.0135. The number of likely N-dealkylation sites (tertiary alicyclic amines) is 1. The fourth-order valence-electron chi connectivity index (χ4n) is 4.81. The number of aliphatic hydroxyl groups excluding tert-OH is 1. The molecule has 0 amide bonds. The second-order valence-corrected chi connectivity index (χ2v) is 12.0. The molecule has 1 aliphatic rings. The van der Waals surface area contributed by atoms with E-state index in [4.69, 9.17) is 9.84 Å². The third kappa shape index (κ3) is 7.44. The number of alkyl halides is 4. The summed E-state index contributed by atoms with van der Waals surface area (Å²) in [4.78, 5) is 1.88. The van der Waals surface area contributed by atoms with E-state index in [1.807, 2.05) is 11.9 Å². The van der Waals surface area contributed by atoms with E-state index in [1.165, 1.54) is 25.3 Å². The number of anilines is 2. The van der Waals surface area contributed by atoms with Gasteiger partial charge >= 0.3 is 6.18 Å². The summed E-state index contributed by atoms with van der Waals surface area (Å²) in [5.74, 6) is 5.44. The number of aliphatic hydroxyl groups is 1. The van der Waals surface area contributed by atoms with Crippen molar-refractivity contribution < 1.29 is 35.8 Å². The molecule has 4 rings (SSSR count). The van der Waals surface area contributed by atoms with Gasteiger partial charge in [-0.15, -0.1) is 0 Å². The first kappa shape index (κ1) is 30.5. The zero-order valence-corrected chi connectivity index (χ0v) is 23.4. The van der Waals surface area contributed by atoms with E-state index in [0.717, 1.165) is 4.57 Å². The van der Waals surface area contributed by atoms with Crippen LogP contribution in [0.5, 0.6) is 5.75 Å². The van der Waals surface area contributed by atoms with Gasteiger partial charge in [-0.3, -0.25) is 0 Å². The fourth-order valence-corrected chi connectivity index (χ4v) is 5.84. The number of piperidine rings is 1. The van der Waals surface area contributed by atoms with Gasteiger partial charge in [0.05, 0.1) is 53.8 Å². The molecule has 0 spiro atoms. The van der Waals surface area contributed by atoms with Crippen molar-refractivity contribution in [2.45, 2.75) is 36.3 Å². The lowest BCUT2D eigenvalue weighted by atomic mass is 10.0. The minimum Gasteiger partial charge on any atom is -0.495 e. The van der Waals surface area contributed by atoms with Crippen LogP contribution < -0.4 is 15.4 Å². The van der Waals surface area contributed by atoms with Gasteiger partial charge in [0.25, 0.3) is 0 Å². The van der Waals surface area contributed by atoms with Crippen molar-refractivity contribution in [2.24, 2.45) is 0 Å². The Balaban J connectivity index is 1.59. The SMILES string of the molecule is COc1cc(S(=O)(=O)CCO)ccc1NCC#Cc1cc2c(N[C@@H]3CCN(C)C[C@@H]3F)cccc2n1CC(F)(F)F. The van der Waals surface area contributed by atoms with Crippen molar-refractivity contribution >= 4 is 32.1 Å². The first-order valence-electron chi connectivity index (χ1n) is 12.9. The Bertz CT molecular complexity index is 1550. The first-order chi connectivity index (χ1) is 19.4. The second kappa shape index (κ2) is 12.6. The lowest BCUT2D eigenvalue weighted by Gasteiger charge is -2.33. The van der Waals surface area contributed by atoms with Gasteiger partial charge in [-0.1, -0.05) is 12.0 Å². The highest BCUT2D eigenvalue weighted by atomic mass is 32.2. The molecule has 0 aliphatic carbocycles. The van der Waals surface area contributed by atoms with E-state index in [2.05, 4.69) is 22.5 Å². The van der Waals surface area contributed by atoms with Gasteiger partial charge in [-0.05, 0) is 49.7 Å². The van der Waals surface area contributed by atoms with Crippen LogP contribution in [0.15, 0.2) is 47.4 Å². The van der Waals surface area contributed by atoms with Crippen molar-refractivity contribution in [3.63, 3.8) is 0 Å². The number of aromatic nitrogens is 1. The number of hydrogen-bond acceptors (Lipinski definition) is 7. The molecule has 8 nitrogen and oxygen atoms in total. The van der Waals surface area contributed by atoms with Gasteiger partial charge in [0.2, 0.25) is 0 Å². The molecular formula is C28H32F4N4O4S. The molecular weight excluding hydrogens is 564 g/mol. The van der Waals surface area contributed by atoms with Crippen LogP contribution in [0, 0.1) is 11.8 Å². The number of benzene rings is 2. The molecule has 2 heterocycles. The summed E-state index contributed by atoms with van der Waals surface area (Å²) >= 11 is 0. The summed E-state index contributed by atoms with van der Waals surface area (Å²) in [5, 5.41) is 15.7. The summed E-state index contributed by atoms with van der Waals surface area (Å²) in [6, 6.07) is 10.2. The van der Waals surface area contributed by atoms with Crippen LogP contribution in [-0.4, -0.2) is 87.5 Å². The third-order valence-corrected chi connectivity index (χ3v) is 8.54. The molecule has 13 heteroatoms. The fraction of sp³-hybridized carbons (Fsp3) is 0.429. The number of rotatable bonds is 9. The largest absolute Gasteiger partial charge is 0.495 e.